The van der Waals surface area contributed by atoms with E-state index in [2.05, 4.69) is 0 Å². The Hall–Kier alpha value is -1.10. The zero-order valence-corrected chi connectivity index (χ0v) is 8.85. The van der Waals surface area contributed by atoms with E-state index in [4.69, 9.17) is 5.11 Å². The Morgan fingerprint density at radius 2 is 2.00 bits per heavy atom. The van der Waals surface area contributed by atoms with E-state index >= 15 is 0 Å². The number of carbonyl (C=O) groups is 2. The molecule has 0 aromatic carbocycles. The van der Waals surface area contributed by atoms with E-state index in [1.165, 1.54) is 4.90 Å². The van der Waals surface area contributed by atoms with Crippen LogP contribution in [0.25, 0.3) is 0 Å². The molecular weight excluding hydrogens is 196 g/mol. The Balaban J connectivity index is 2.08. The summed E-state index contributed by atoms with van der Waals surface area (Å²) < 4.78 is 0. The SMILES string of the molecule is CC1CN(C2CC2)C(=O)C(=O)N1CCO. The van der Waals surface area contributed by atoms with E-state index in [-0.39, 0.29) is 19.2 Å². The van der Waals surface area contributed by atoms with Crippen LogP contribution in [0.5, 0.6) is 0 Å². The van der Waals surface area contributed by atoms with Gasteiger partial charge in [0.25, 0.3) is 0 Å². The molecule has 84 valence electrons. The van der Waals surface area contributed by atoms with Crippen LogP contribution in [0.2, 0.25) is 0 Å². The van der Waals surface area contributed by atoms with Crippen molar-refractivity contribution in [2.75, 3.05) is 19.7 Å². The molecule has 1 saturated heterocycles. The van der Waals surface area contributed by atoms with Gasteiger partial charge in [0.2, 0.25) is 0 Å². The monoisotopic (exact) mass is 212 g/mol. The van der Waals surface area contributed by atoms with Crippen LogP contribution in [-0.4, -0.2) is 58.5 Å². The zero-order valence-electron chi connectivity index (χ0n) is 8.85. The molecule has 2 rings (SSSR count). The van der Waals surface area contributed by atoms with E-state index < -0.39 is 11.8 Å². The number of nitrogens with zero attached hydrogens (tertiary/aromatic N) is 2. The maximum Gasteiger partial charge on any atom is 0.312 e. The summed E-state index contributed by atoms with van der Waals surface area (Å²) in [6.07, 6.45) is 2.04. The highest BCUT2D eigenvalue weighted by molar-refractivity contribution is 6.35. The van der Waals surface area contributed by atoms with Crippen LogP contribution >= 0.6 is 0 Å². The van der Waals surface area contributed by atoms with Crippen LogP contribution in [-0.2, 0) is 9.59 Å². The van der Waals surface area contributed by atoms with Crippen molar-refractivity contribution in [3.05, 3.63) is 0 Å². The van der Waals surface area contributed by atoms with Crippen molar-refractivity contribution < 1.29 is 14.7 Å². The zero-order chi connectivity index (χ0) is 11.0. The van der Waals surface area contributed by atoms with E-state index in [9.17, 15) is 9.59 Å². The second-order valence-corrected chi connectivity index (χ2v) is 4.26. The van der Waals surface area contributed by atoms with Gasteiger partial charge in [-0.2, -0.15) is 0 Å². The lowest BCUT2D eigenvalue weighted by atomic mass is 10.1. The first kappa shape index (κ1) is 10.4. The van der Waals surface area contributed by atoms with Gasteiger partial charge in [-0.25, -0.2) is 0 Å². The molecule has 0 spiro atoms. The number of aliphatic hydroxyl groups is 1. The molecular formula is C10H16N2O3. The number of hydrogen-bond acceptors (Lipinski definition) is 3. The summed E-state index contributed by atoms with van der Waals surface area (Å²) in [5.41, 5.74) is 0. The van der Waals surface area contributed by atoms with Gasteiger partial charge in [0.05, 0.1) is 6.61 Å². The lowest BCUT2D eigenvalue weighted by Crippen LogP contribution is -2.59. The molecule has 1 saturated carbocycles. The molecule has 15 heavy (non-hydrogen) atoms. The van der Waals surface area contributed by atoms with Crippen LogP contribution < -0.4 is 0 Å². The first-order valence-corrected chi connectivity index (χ1v) is 5.37. The molecule has 0 radical (unpaired) electrons. The third-order valence-electron chi connectivity index (χ3n) is 3.03. The van der Waals surface area contributed by atoms with Crippen molar-refractivity contribution in [2.45, 2.75) is 31.8 Å². The predicted molar refractivity (Wildman–Crippen MR) is 53.0 cm³/mol. The molecule has 1 unspecified atom stereocenters. The number of rotatable bonds is 3. The minimum Gasteiger partial charge on any atom is -0.395 e. The van der Waals surface area contributed by atoms with Gasteiger partial charge in [-0.15, -0.1) is 0 Å². The van der Waals surface area contributed by atoms with Crippen molar-refractivity contribution >= 4 is 11.8 Å². The summed E-state index contributed by atoms with van der Waals surface area (Å²) in [4.78, 5) is 26.5. The fourth-order valence-electron chi connectivity index (χ4n) is 2.04. The highest BCUT2D eigenvalue weighted by atomic mass is 16.3. The smallest absolute Gasteiger partial charge is 0.312 e. The van der Waals surface area contributed by atoms with Gasteiger partial charge in [0, 0.05) is 25.2 Å². The number of carbonyl (C=O) groups excluding carboxylic acids is 2. The van der Waals surface area contributed by atoms with E-state index in [0.29, 0.717) is 12.6 Å². The summed E-state index contributed by atoms with van der Waals surface area (Å²) >= 11 is 0. The average Bonchev–Trinajstić information content (AvgIpc) is 3.02. The topological polar surface area (TPSA) is 60.9 Å². The maximum atomic E-state index is 11.7. The third-order valence-corrected chi connectivity index (χ3v) is 3.03. The molecule has 1 aliphatic carbocycles. The van der Waals surface area contributed by atoms with Crippen LogP contribution in [0.15, 0.2) is 0 Å². The van der Waals surface area contributed by atoms with Gasteiger partial charge in [0.1, 0.15) is 0 Å². The Morgan fingerprint density at radius 1 is 1.33 bits per heavy atom. The number of hydrogen-bond donors (Lipinski definition) is 1. The van der Waals surface area contributed by atoms with Gasteiger partial charge >= 0.3 is 11.8 Å². The fourth-order valence-corrected chi connectivity index (χ4v) is 2.04. The lowest BCUT2D eigenvalue weighted by molar-refractivity contribution is -0.159. The molecule has 0 aromatic heterocycles. The first-order valence-electron chi connectivity index (χ1n) is 5.37. The molecule has 2 aliphatic rings. The molecule has 2 amide bonds. The molecule has 2 fully saturated rings. The second kappa shape index (κ2) is 3.81. The summed E-state index contributed by atoms with van der Waals surface area (Å²) in [5.74, 6) is -0.862. The van der Waals surface area contributed by atoms with Crippen molar-refractivity contribution in [1.29, 1.82) is 0 Å². The minimum absolute atomic E-state index is 0.0166. The molecule has 1 aliphatic heterocycles. The van der Waals surface area contributed by atoms with E-state index in [1.54, 1.807) is 4.90 Å². The molecule has 1 atom stereocenters. The third kappa shape index (κ3) is 1.84. The van der Waals surface area contributed by atoms with Gasteiger partial charge in [-0.05, 0) is 19.8 Å². The van der Waals surface area contributed by atoms with Gasteiger partial charge in [-0.3, -0.25) is 9.59 Å². The van der Waals surface area contributed by atoms with Crippen molar-refractivity contribution in [1.82, 2.24) is 9.80 Å². The first-order chi connectivity index (χ1) is 7.15. The Morgan fingerprint density at radius 3 is 2.53 bits per heavy atom. The lowest BCUT2D eigenvalue weighted by Gasteiger charge is -2.38. The molecule has 5 heteroatoms. The summed E-state index contributed by atoms with van der Waals surface area (Å²) in [7, 11) is 0. The molecule has 5 nitrogen and oxygen atoms in total. The van der Waals surface area contributed by atoms with Crippen LogP contribution in [0.1, 0.15) is 19.8 Å². The Bertz CT molecular complexity index is 288. The van der Waals surface area contributed by atoms with Crippen LogP contribution in [0.4, 0.5) is 0 Å². The molecule has 0 bridgehead atoms. The summed E-state index contributed by atoms with van der Waals surface area (Å²) in [6.45, 7) is 2.68. The Labute approximate surface area is 88.6 Å². The van der Waals surface area contributed by atoms with Gasteiger partial charge in [0.15, 0.2) is 0 Å². The quantitative estimate of drug-likeness (QED) is 0.623. The number of β-amino-alcohol motifs (C(OH)–C–C–N with tert-alkyl or cyclic N) is 1. The maximum absolute atomic E-state index is 11.7. The van der Waals surface area contributed by atoms with Crippen molar-refractivity contribution in [3.63, 3.8) is 0 Å². The Kier molecular flexibility index (Phi) is 2.65. The number of aliphatic hydroxyl groups excluding tert-OH is 1. The average molecular weight is 212 g/mol. The standard InChI is InChI=1S/C10H16N2O3/c1-7-6-12(8-2-3-8)10(15)9(14)11(7)4-5-13/h7-8,13H,2-6H2,1H3. The normalized spacial score (nSPS) is 27.5. The highest BCUT2D eigenvalue weighted by Gasteiger charge is 2.42. The van der Waals surface area contributed by atoms with Gasteiger partial charge in [-0.1, -0.05) is 0 Å². The van der Waals surface area contributed by atoms with Crippen LogP contribution in [0, 0.1) is 0 Å². The number of amides is 2. The van der Waals surface area contributed by atoms with Crippen molar-refractivity contribution in [2.24, 2.45) is 0 Å². The fraction of sp³-hybridized carbons (Fsp3) is 0.800. The highest BCUT2D eigenvalue weighted by Crippen LogP contribution is 2.29. The molecule has 1 heterocycles. The molecule has 1 N–H and O–H groups in total. The second-order valence-electron chi connectivity index (χ2n) is 4.26. The minimum atomic E-state index is -0.463. The summed E-state index contributed by atoms with van der Waals surface area (Å²) in [5, 5.41) is 8.81. The van der Waals surface area contributed by atoms with E-state index in [1.807, 2.05) is 6.92 Å². The predicted octanol–water partition coefficient (Wildman–Crippen LogP) is -0.800. The summed E-state index contributed by atoms with van der Waals surface area (Å²) in [6, 6.07) is 0.308. The van der Waals surface area contributed by atoms with Crippen LogP contribution in [0.3, 0.4) is 0 Å². The van der Waals surface area contributed by atoms with Gasteiger partial charge < -0.3 is 14.9 Å². The largest absolute Gasteiger partial charge is 0.395 e. The van der Waals surface area contributed by atoms with E-state index in [0.717, 1.165) is 12.8 Å². The molecule has 0 aromatic rings. The van der Waals surface area contributed by atoms with Crippen molar-refractivity contribution in [3.8, 4) is 0 Å². The number of piperazine rings is 1.